The third-order valence-corrected chi connectivity index (χ3v) is 4.41. The summed E-state index contributed by atoms with van der Waals surface area (Å²) in [5.41, 5.74) is 2.63. The molecule has 0 bridgehead atoms. The molecule has 1 fully saturated rings. The Bertz CT molecular complexity index is 684. The Morgan fingerprint density at radius 3 is 2.92 bits per heavy atom. The van der Waals surface area contributed by atoms with Crippen LogP contribution in [0, 0.1) is 12.8 Å². The summed E-state index contributed by atoms with van der Waals surface area (Å²) in [6.07, 6.45) is 7.30. The summed E-state index contributed by atoms with van der Waals surface area (Å²) in [5.74, 6) is 0.215. The van der Waals surface area contributed by atoms with Crippen LogP contribution in [-0.2, 0) is 17.7 Å². The van der Waals surface area contributed by atoms with Crippen molar-refractivity contribution >= 4 is 5.91 Å². The van der Waals surface area contributed by atoms with Crippen LogP contribution in [0.5, 0.6) is 0 Å². The molecule has 1 aliphatic rings. The number of hydrogen-bond acceptors (Lipinski definition) is 4. The van der Waals surface area contributed by atoms with Crippen molar-refractivity contribution in [2.45, 2.75) is 39.3 Å². The maximum Gasteiger partial charge on any atom is 0.255 e. The SMILES string of the molecule is CCCn1cc(C(=O)N[C@@H]2COC[C@H]2Cc2ccncc2)c(C)n1. The van der Waals surface area contributed by atoms with Gasteiger partial charge in [0, 0.05) is 31.1 Å². The summed E-state index contributed by atoms with van der Waals surface area (Å²) in [4.78, 5) is 16.7. The van der Waals surface area contributed by atoms with Crippen molar-refractivity contribution in [1.29, 1.82) is 0 Å². The Morgan fingerprint density at radius 1 is 1.38 bits per heavy atom. The molecule has 0 radical (unpaired) electrons. The van der Waals surface area contributed by atoms with Gasteiger partial charge >= 0.3 is 0 Å². The smallest absolute Gasteiger partial charge is 0.255 e. The van der Waals surface area contributed by atoms with Crippen LogP contribution in [0.15, 0.2) is 30.7 Å². The number of carbonyl (C=O) groups is 1. The van der Waals surface area contributed by atoms with Crippen molar-refractivity contribution in [3.05, 3.63) is 47.5 Å². The molecule has 6 heteroatoms. The first-order valence-electron chi connectivity index (χ1n) is 8.49. The van der Waals surface area contributed by atoms with E-state index in [0.717, 1.165) is 25.1 Å². The van der Waals surface area contributed by atoms with Crippen LogP contribution in [0.2, 0.25) is 0 Å². The van der Waals surface area contributed by atoms with E-state index < -0.39 is 0 Å². The summed E-state index contributed by atoms with van der Waals surface area (Å²) in [7, 11) is 0. The molecule has 3 heterocycles. The first kappa shape index (κ1) is 16.6. The van der Waals surface area contributed by atoms with Crippen molar-refractivity contribution in [3.63, 3.8) is 0 Å². The molecule has 0 unspecified atom stereocenters. The maximum atomic E-state index is 12.6. The number of hydrogen-bond donors (Lipinski definition) is 1. The molecule has 0 aliphatic carbocycles. The Hall–Kier alpha value is -2.21. The molecule has 2 aromatic rings. The van der Waals surface area contributed by atoms with Crippen molar-refractivity contribution in [2.75, 3.05) is 13.2 Å². The van der Waals surface area contributed by atoms with E-state index in [4.69, 9.17) is 4.74 Å². The molecule has 24 heavy (non-hydrogen) atoms. The summed E-state index contributed by atoms with van der Waals surface area (Å²) >= 11 is 0. The van der Waals surface area contributed by atoms with Crippen LogP contribution >= 0.6 is 0 Å². The molecule has 0 aromatic carbocycles. The number of amides is 1. The van der Waals surface area contributed by atoms with E-state index in [1.54, 1.807) is 12.4 Å². The summed E-state index contributed by atoms with van der Waals surface area (Å²) in [6, 6.07) is 4.05. The fourth-order valence-electron chi connectivity index (χ4n) is 3.11. The van der Waals surface area contributed by atoms with Gasteiger partial charge < -0.3 is 10.1 Å². The molecular formula is C18H24N4O2. The molecule has 3 rings (SSSR count). The Morgan fingerprint density at radius 2 is 2.17 bits per heavy atom. The van der Waals surface area contributed by atoms with Crippen LogP contribution in [0.3, 0.4) is 0 Å². The molecule has 1 aliphatic heterocycles. The average Bonchev–Trinajstić information content (AvgIpc) is 3.15. The van der Waals surface area contributed by atoms with Gasteiger partial charge in [0.25, 0.3) is 5.91 Å². The topological polar surface area (TPSA) is 69.0 Å². The fraction of sp³-hybridized carbons (Fsp3) is 0.500. The Labute approximate surface area is 142 Å². The maximum absolute atomic E-state index is 12.6. The third kappa shape index (κ3) is 3.82. The van der Waals surface area contributed by atoms with Gasteiger partial charge in [-0.3, -0.25) is 14.5 Å². The lowest BCUT2D eigenvalue weighted by Gasteiger charge is -2.19. The van der Waals surface area contributed by atoms with Crippen LogP contribution in [0.25, 0.3) is 0 Å². The lowest BCUT2D eigenvalue weighted by molar-refractivity contribution is 0.0924. The standard InChI is InChI=1S/C18H24N4O2/c1-3-8-22-10-16(13(2)21-22)18(23)20-17-12-24-11-15(17)9-14-4-6-19-7-5-14/h4-7,10,15,17H,3,8-9,11-12H2,1-2H3,(H,20,23)/t15-,17-/m1/s1. The second-order valence-corrected chi connectivity index (χ2v) is 6.33. The molecule has 1 N–H and O–H groups in total. The first-order chi connectivity index (χ1) is 11.7. The molecule has 6 nitrogen and oxygen atoms in total. The van der Waals surface area contributed by atoms with Gasteiger partial charge in [0.05, 0.1) is 30.5 Å². The zero-order valence-electron chi connectivity index (χ0n) is 14.2. The minimum atomic E-state index is -0.0647. The largest absolute Gasteiger partial charge is 0.379 e. The van der Waals surface area contributed by atoms with Gasteiger partial charge in [-0.2, -0.15) is 5.10 Å². The van der Waals surface area contributed by atoms with Crippen molar-refractivity contribution < 1.29 is 9.53 Å². The molecule has 128 valence electrons. The highest BCUT2D eigenvalue weighted by Gasteiger charge is 2.30. The zero-order valence-corrected chi connectivity index (χ0v) is 14.2. The normalized spacial score (nSPS) is 20.2. The molecule has 0 saturated carbocycles. The van der Waals surface area contributed by atoms with E-state index in [1.807, 2.05) is 29.9 Å². The van der Waals surface area contributed by atoms with Crippen LogP contribution in [0.4, 0.5) is 0 Å². The Balaban J connectivity index is 1.64. The molecule has 0 spiro atoms. The van der Waals surface area contributed by atoms with Crippen LogP contribution in [-0.4, -0.2) is 39.9 Å². The molecular weight excluding hydrogens is 304 g/mol. The summed E-state index contributed by atoms with van der Waals surface area (Å²) < 4.78 is 7.44. The zero-order chi connectivity index (χ0) is 16.9. The quantitative estimate of drug-likeness (QED) is 0.880. The highest BCUT2D eigenvalue weighted by molar-refractivity contribution is 5.95. The monoisotopic (exact) mass is 328 g/mol. The van der Waals surface area contributed by atoms with Crippen molar-refractivity contribution in [1.82, 2.24) is 20.1 Å². The Kier molecular flexibility index (Phi) is 5.25. The lowest BCUT2D eigenvalue weighted by Crippen LogP contribution is -2.40. The van der Waals surface area contributed by atoms with E-state index in [-0.39, 0.29) is 17.9 Å². The van der Waals surface area contributed by atoms with Crippen LogP contribution in [0.1, 0.15) is 35.0 Å². The van der Waals surface area contributed by atoms with Crippen LogP contribution < -0.4 is 5.32 Å². The number of nitrogens with one attached hydrogen (secondary N) is 1. The predicted molar refractivity (Wildman–Crippen MR) is 90.8 cm³/mol. The number of aryl methyl sites for hydroxylation is 2. The molecule has 1 saturated heterocycles. The summed E-state index contributed by atoms with van der Waals surface area (Å²) in [5, 5.41) is 7.53. The van der Waals surface area contributed by atoms with Gasteiger partial charge in [-0.15, -0.1) is 0 Å². The second-order valence-electron chi connectivity index (χ2n) is 6.33. The fourth-order valence-corrected chi connectivity index (χ4v) is 3.11. The first-order valence-corrected chi connectivity index (χ1v) is 8.49. The second kappa shape index (κ2) is 7.57. The molecule has 2 aromatic heterocycles. The predicted octanol–water partition coefficient (Wildman–Crippen LogP) is 1.98. The summed E-state index contributed by atoms with van der Waals surface area (Å²) in [6.45, 7) is 6.02. The third-order valence-electron chi connectivity index (χ3n) is 4.41. The van der Waals surface area contributed by atoms with Gasteiger partial charge in [0.15, 0.2) is 0 Å². The lowest BCUT2D eigenvalue weighted by atomic mass is 9.95. The number of aromatic nitrogens is 3. The van der Waals surface area contributed by atoms with E-state index in [1.165, 1.54) is 5.56 Å². The number of nitrogens with zero attached hydrogens (tertiary/aromatic N) is 3. The average molecular weight is 328 g/mol. The minimum absolute atomic E-state index is 0.0274. The molecule has 1 amide bonds. The highest BCUT2D eigenvalue weighted by atomic mass is 16.5. The van der Waals surface area contributed by atoms with Crippen molar-refractivity contribution in [3.8, 4) is 0 Å². The number of carbonyl (C=O) groups excluding carboxylic acids is 1. The number of ether oxygens (including phenoxy) is 1. The van der Waals surface area contributed by atoms with E-state index in [2.05, 4.69) is 22.3 Å². The van der Waals surface area contributed by atoms with Gasteiger partial charge in [0.2, 0.25) is 0 Å². The highest BCUT2D eigenvalue weighted by Crippen LogP contribution is 2.19. The van der Waals surface area contributed by atoms with E-state index >= 15 is 0 Å². The van der Waals surface area contributed by atoms with Gasteiger partial charge in [0.1, 0.15) is 0 Å². The van der Waals surface area contributed by atoms with E-state index in [0.29, 0.717) is 18.8 Å². The number of rotatable bonds is 6. The van der Waals surface area contributed by atoms with Gasteiger partial charge in [-0.25, -0.2) is 0 Å². The van der Waals surface area contributed by atoms with Gasteiger partial charge in [-0.1, -0.05) is 6.92 Å². The number of pyridine rings is 1. The minimum Gasteiger partial charge on any atom is -0.379 e. The van der Waals surface area contributed by atoms with Crippen molar-refractivity contribution in [2.24, 2.45) is 5.92 Å². The molecule has 2 atom stereocenters. The van der Waals surface area contributed by atoms with Gasteiger partial charge in [-0.05, 0) is 37.5 Å². The van der Waals surface area contributed by atoms with E-state index in [9.17, 15) is 4.79 Å².